The first-order valence-electron chi connectivity index (χ1n) is 10.9. The Morgan fingerprint density at radius 2 is 1.70 bits per heavy atom. The van der Waals surface area contributed by atoms with Gasteiger partial charge in [0.05, 0.1) is 24.0 Å². The molecule has 2 aromatic rings. The molecule has 0 saturated carbocycles. The van der Waals surface area contributed by atoms with Crippen LogP contribution < -0.4 is 15.5 Å². The molecule has 174 valence electrons. The summed E-state index contributed by atoms with van der Waals surface area (Å²) >= 11 is 5.30. The van der Waals surface area contributed by atoms with E-state index in [0.29, 0.717) is 55.8 Å². The van der Waals surface area contributed by atoms with E-state index >= 15 is 0 Å². The van der Waals surface area contributed by atoms with Crippen LogP contribution in [0.3, 0.4) is 0 Å². The van der Waals surface area contributed by atoms with Gasteiger partial charge in [0, 0.05) is 38.2 Å². The summed E-state index contributed by atoms with van der Waals surface area (Å²) in [5, 5.41) is 5.86. The van der Waals surface area contributed by atoms with Gasteiger partial charge in [0.25, 0.3) is 5.91 Å². The first kappa shape index (κ1) is 24.2. The third kappa shape index (κ3) is 6.29. The number of nitrogens with zero attached hydrogens (tertiary/aromatic N) is 2. The van der Waals surface area contributed by atoms with Gasteiger partial charge in [-0.15, -0.1) is 0 Å². The van der Waals surface area contributed by atoms with Crippen LogP contribution in [0.25, 0.3) is 0 Å². The lowest BCUT2D eigenvalue weighted by molar-refractivity contribution is -0.119. The van der Waals surface area contributed by atoms with Crippen LogP contribution in [0.4, 0.5) is 11.4 Å². The standard InChI is InChI=1S/C24H28N4O4S/c1-3-7-21(29)26-24(33)25-19-16-18(23(31)32-2)10-11-20(19)27-12-14-28(15-13-27)22(30)17-8-5-4-6-9-17/h4-6,8-11,16H,3,7,12-15H2,1-2H3,(H2,25,26,29,33). The number of anilines is 2. The molecule has 0 spiro atoms. The van der Waals surface area contributed by atoms with Crippen molar-refractivity contribution >= 4 is 46.5 Å². The number of thiocarbonyl (C=S) groups is 1. The minimum atomic E-state index is -0.469. The highest BCUT2D eigenvalue weighted by Gasteiger charge is 2.24. The molecule has 1 aliphatic rings. The topological polar surface area (TPSA) is 91.0 Å². The summed E-state index contributed by atoms with van der Waals surface area (Å²) in [5.41, 5.74) is 2.44. The van der Waals surface area contributed by atoms with Crippen LogP contribution in [0.2, 0.25) is 0 Å². The molecule has 0 radical (unpaired) electrons. The van der Waals surface area contributed by atoms with Crippen molar-refractivity contribution < 1.29 is 19.1 Å². The van der Waals surface area contributed by atoms with E-state index in [0.717, 1.165) is 5.69 Å². The van der Waals surface area contributed by atoms with E-state index in [1.54, 1.807) is 12.1 Å². The van der Waals surface area contributed by atoms with Crippen molar-refractivity contribution in [2.75, 3.05) is 43.5 Å². The maximum absolute atomic E-state index is 12.8. The van der Waals surface area contributed by atoms with Gasteiger partial charge in [-0.05, 0) is 49.0 Å². The molecule has 2 N–H and O–H groups in total. The number of rotatable bonds is 6. The van der Waals surface area contributed by atoms with Crippen LogP contribution in [0.5, 0.6) is 0 Å². The van der Waals surface area contributed by atoms with Gasteiger partial charge < -0.3 is 25.2 Å². The Morgan fingerprint density at radius 3 is 2.33 bits per heavy atom. The normalized spacial score (nSPS) is 13.3. The van der Waals surface area contributed by atoms with Gasteiger partial charge in [-0.2, -0.15) is 0 Å². The second-order valence-corrected chi connectivity index (χ2v) is 8.03. The summed E-state index contributed by atoms with van der Waals surface area (Å²) in [6.07, 6.45) is 1.08. The fraction of sp³-hybridized carbons (Fsp3) is 0.333. The van der Waals surface area contributed by atoms with Gasteiger partial charge in [-0.1, -0.05) is 25.1 Å². The Labute approximate surface area is 198 Å². The molecular formula is C24H28N4O4S. The molecule has 0 unspecified atom stereocenters. The van der Waals surface area contributed by atoms with Crippen molar-refractivity contribution in [3.63, 3.8) is 0 Å². The molecule has 1 aliphatic heterocycles. The zero-order valence-corrected chi connectivity index (χ0v) is 19.6. The predicted molar refractivity (Wildman–Crippen MR) is 132 cm³/mol. The number of amides is 2. The molecule has 2 aromatic carbocycles. The second kappa shape index (κ2) is 11.4. The van der Waals surface area contributed by atoms with Crippen LogP contribution in [0.15, 0.2) is 48.5 Å². The van der Waals surface area contributed by atoms with Crippen LogP contribution in [-0.2, 0) is 9.53 Å². The summed E-state index contributed by atoms with van der Waals surface area (Å²) in [6.45, 7) is 4.25. The number of carbonyl (C=O) groups is 3. The molecule has 0 aliphatic carbocycles. The van der Waals surface area contributed by atoms with E-state index in [2.05, 4.69) is 15.5 Å². The summed E-state index contributed by atoms with van der Waals surface area (Å²) in [4.78, 5) is 40.7. The number of methoxy groups -OCH3 is 1. The van der Waals surface area contributed by atoms with Crippen molar-refractivity contribution in [3.8, 4) is 0 Å². The van der Waals surface area contributed by atoms with E-state index in [9.17, 15) is 14.4 Å². The van der Waals surface area contributed by atoms with Gasteiger partial charge in [-0.3, -0.25) is 9.59 Å². The van der Waals surface area contributed by atoms with E-state index in [1.165, 1.54) is 7.11 Å². The van der Waals surface area contributed by atoms with Crippen LogP contribution in [0.1, 0.15) is 40.5 Å². The molecular weight excluding hydrogens is 440 g/mol. The van der Waals surface area contributed by atoms with E-state index in [1.807, 2.05) is 48.2 Å². The monoisotopic (exact) mass is 468 g/mol. The van der Waals surface area contributed by atoms with E-state index < -0.39 is 5.97 Å². The highest BCUT2D eigenvalue weighted by atomic mass is 32.1. The molecule has 1 fully saturated rings. The highest BCUT2D eigenvalue weighted by Crippen LogP contribution is 2.29. The lowest BCUT2D eigenvalue weighted by atomic mass is 10.1. The molecule has 9 heteroatoms. The van der Waals surface area contributed by atoms with Crippen molar-refractivity contribution in [3.05, 3.63) is 59.7 Å². The largest absolute Gasteiger partial charge is 0.465 e. The van der Waals surface area contributed by atoms with Gasteiger partial charge in [0.2, 0.25) is 5.91 Å². The molecule has 33 heavy (non-hydrogen) atoms. The minimum absolute atomic E-state index is 0.00875. The SMILES string of the molecule is CCCC(=O)NC(=S)Nc1cc(C(=O)OC)ccc1N1CCN(C(=O)c2ccccc2)CC1. The molecule has 1 heterocycles. The Bertz CT molecular complexity index is 1020. The average Bonchev–Trinajstić information content (AvgIpc) is 2.83. The van der Waals surface area contributed by atoms with Crippen LogP contribution in [0, 0.1) is 0 Å². The summed E-state index contributed by atoms with van der Waals surface area (Å²) in [6, 6.07) is 14.4. The molecule has 0 aromatic heterocycles. The van der Waals surface area contributed by atoms with Crippen molar-refractivity contribution in [1.82, 2.24) is 10.2 Å². The summed E-state index contributed by atoms with van der Waals surface area (Å²) < 4.78 is 4.83. The number of esters is 1. The number of nitrogens with one attached hydrogen (secondary N) is 2. The van der Waals surface area contributed by atoms with Gasteiger partial charge >= 0.3 is 5.97 Å². The predicted octanol–water partition coefficient (Wildman–Crippen LogP) is 3.05. The Hall–Kier alpha value is -3.46. The fourth-order valence-electron chi connectivity index (χ4n) is 3.64. The smallest absolute Gasteiger partial charge is 0.337 e. The molecule has 0 bridgehead atoms. The third-order valence-corrected chi connectivity index (χ3v) is 5.53. The number of hydrogen-bond donors (Lipinski definition) is 2. The first-order chi connectivity index (χ1) is 15.9. The number of benzene rings is 2. The van der Waals surface area contributed by atoms with Crippen LogP contribution >= 0.6 is 12.2 Å². The second-order valence-electron chi connectivity index (χ2n) is 7.62. The number of carbonyl (C=O) groups excluding carboxylic acids is 3. The molecule has 1 saturated heterocycles. The van der Waals surface area contributed by atoms with Crippen molar-refractivity contribution in [2.45, 2.75) is 19.8 Å². The highest BCUT2D eigenvalue weighted by molar-refractivity contribution is 7.80. The molecule has 8 nitrogen and oxygen atoms in total. The molecule has 3 rings (SSSR count). The van der Waals surface area contributed by atoms with Gasteiger partial charge in [0.1, 0.15) is 0 Å². The Balaban J connectivity index is 1.75. The third-order valence-electron chi connectivity index (χ3n) is 5.32. The number of piperazine rings is 1. The quantitative estimate of drug-likeness (QED) is 0.497. The number of hydrogen-bond acceptors (Lipinski definition) is 6. The maximum atomic E-state index is 12.8. The number of ether oxygens (including phenoxy) is 1. The maximum Gasteiger partial charge on any atom is 0.337 e. The van der Waals surface area contributed by atoms with Crippen molar-refractivity contribution in [2.24, 2.45) is 0 Å². The minimum Gasteiger partial charge on any atom is -0.465 e. The van der Waals surface area contributed by atoms with E-state index in [-0.39, 0.29) is 16.9 Å². The summed E-state index contributed by atoms with van der Waals surface area (Å²) in [5.74, 6) is -0.632. The van der Waals surface area contributed by atoms with Gasteiger partial charge in [-0.25, -0.2) is 4.79 Å². The van der Waals surface area contributed by atoms with E-state index in [4.69, 9.17) is 17.0 Å². The Kier molecular flexibility index (Phi) is 8.37. The molecule has 0 atom stereocenters. The first-order valence-corrected chi connectivity index (χ1v) is 11.3. The average molecular weight is 469 g/mol. The van der Waals surface area contributed by atoms with Crippen LogP contribution in [-0.4, -0.2) is 61.1 Å². The van der Waals surface area contributed by atoms with Gasteiger partial charge in [0.15, 0.2) is 5.11 Å². The Morgan fingerprint density at radius 1 is 1.00 bits per heavy atom. The zero-order chi connectivity index (χ0) is 23.8. The van der Waals surface area contributed by atoms with Crippen molar-refractivity contribution in [1.29, 1.82) is 0 Å². The zero-order valence-electron chi connectivity index (χ0n) is 18.8. The summed E-state index contributed by atoms with van der Waals surface area (Å²) in [7, 11) is 1.32. The lowest BCUT2D eigenvalue weighted by Crippen LogP contribution is -2.49. The lowest BCUT2D eigenvalue weighted by Gasteiger charge is -2.37. The molecule has 2 amide bonds. The fourth-order valence-corrected chi connectivity index (χ4v) is 3.86.